The molecule has 1 heterocycles. The summed E-state index contributed by atoms with van der Waals surface area (Å²) in [6.45, 7) is 0. The van der Waals surface area contributed by atoms with Crippen LogP contribution in [0.5, 0.6) is 0 Å². The maximum absolute atomic E-state index is 15.3. The fourth-order valence-electron chi connectivity index (χ4n) is 4.81. The minimum Gasteiger partial charge on any atom is -0.379 e. The number of primary amides is 1. The summed E-state index contributed by atoms with van der Waals surface area (Å²) in [7, 11) is 1.22. The van der Waals surface area contributed by atoms with Crippen molar-refractivity contribution in [3.05, 3.63) is 24.0 Å². The SMILES string of the molecule is COC1CC(OC(F)(F)F)CCC1OC1CCC(C(F)(F)F)C(F)C1C(=O)Nc1ccnc(C(N)=O)c1. The van der Waals surface area contributed by atoms with Gasteiger partial charge in [0, 0.05) is 25.4 Å². The smallest absolute Gasteiger partial charge is 0.379 e. The van der Waals surface area contributed by atoms with E-state index in [9.17, 15) is 35.9 Å². The summed E-state index contributed by atoms with van der Waals surface area (Å²) in [5.74, 6) is -6.38. The van der Waals surface area contributed by atoms with Gasteiger partial charge in [0.15, 0.2) is 0 Å². The summed E-state index contributed by atoms with van der Waals surface area (Å²) in [5, 5.41) is 2.28. The lowest BCUT2D eigenvalue weighted by molar-refractivity contribution is -0.349. The normalized spacial score (nSPS) is 31.1. The second-order valence-electron chi connectivity index (χ2n) is 8.96. The van der Waals surface area contributed by atoms with E-state index in [1.54, 1.807) is 0 Å². The Balaban J connectivity index is 1.79. The van der Waals surface area contributed by atoms with Crippen molar-refractivity contribution in [1.29, 1.82) is 0 Å². The fourth-order valence-corrected chi connectivity index (χ4v) is 4.81. The second kappa shape index (κ2) is 11.5. The minimum atomic E-state index is -4.92. The predicted octanol–water partition coefficient (Wildman–Crippen LogP) is 3.90. The van der Waals surface area contributed by atoms with E-state index in [-0.39, 0.29) is 37.1 Å². The van der Waals surface area contributed by atoms with Gasteiger partial charge in [-0.1, -0.05) is 0 Å². The van der Waals surface area contributed by atoms with Crippen molar-refractivity contribution in [2.24, 2.45) is 17.6 Å². The molecule has 2 fully saturated rings. The van der Waals surface area contributed by atoms with Gasteiger partial charge in [0.1, 0.15) is 11.9 Å². The van der Waals surface area contributed by atoms with Gasteiger partial charge < -0.3 is 20.5 Å². The van der Waals surface area contributed by atoms with Crippen LogP contribution < -0.4 is 11.1 Å². The molecule has 1 aromatic rings. The Hall–Kier alpha value is -2.52. The lowest BCUT2D eigenvalue weighted by atomic mass is 9.76. The number of hydrogen-bond donors (Lipinski definition) is 2. The van der Waals surface area contributed by atoms with Crippen molar-refractivity contribution in [1.82, 2.24) is 4.98 Å². The number of carbonyl (C=O) groups is 2. The molecule has 37 heavy (non-hydrogen) atoms. The molecule has 2 saturated carbocycles. The zero-order chi connectivity index (χ0) is 27.5. The molecule has 8 nitrogen and oxygen atoms in total. The standard InChI is InChI=1S/C22H26F7N3O5/c1-35-16-9-11(37-22(27,28)29)2-4-14(16)36-15-5-3-12(21(24,25)26)18(23)17(15)20(34)32-10-6-7-31-13(8-10)19(30)33/h6-8,11-12,14-18H,2-5,9H2,1H3,(H2,30,33)(H,31,32,34). The van der Waals surface area contributed by atoms with Crippen LogP contribution in [0.4, 0.5) is 36.4 Å². The molecule has 2 aliphatic carbocycles. The monoisotopic (exact) mass is 545 g/mol. The van der Waals surface area contributed by atoms with Crippen LogP contribution in [0.3, 0.4) is 0 Å². The first-order chi connectivity index (χ1) is 17.2. The number of carbonyl (C=O) groups excluding carboxylic acids is 2. The number of alkyl halides is 7. The average molecular weight is 545 g/mol. The molecule has 2 amide bonds. The molecule has 208 valence electrons. The predicted molar refractivity (Wildman–Crippen MR) is 113 cm³/mol. The number of anilines is 1. The number of nitrogens with zero attached hydrogens (tertiary/aromatic N) is 1. The molecule has 0 aromatic carbocycles. The maximum atomic E-state index is 15.3. The number of methoxy groups -OCH3 is 1. The van der Waals surface area contributed by atoms with Gasteiger partial charge in [-0.3, -0.25) is 19.3 Å². The van der Waals surface area contributed by atoms with Crippen LogP contribution in [0, 0.1) is 11.8 Å². The molecule has 3 N–H and O–H groups in total. The molecule has 0 spiro atoms. The molecule has 1 aromatic heterocycles. The number of halogens is 7. The Morgan fingerprint density at radius 3 is 2.32 bits per heavy atom. The summed E-state index contributed by atoms with van der Waals surface area (Å²) in [6, 6.07) is 2.32. The minimum absolute atomic E-state index is 0.0178. The molecule has 0 radical (unpaired) electrons. The van der Waals surface area contributed by atoms with E-state index in [0.717, 1.165) is 12.3 Å². The summed E-state index contributed by atoms with van der Waals surface area (Å²) < 4.78 is 109. The Bertz CT molecular complexity index is 961. The number of pyridine rings is 1. The molecule has 2 aliphatic rings. The van der Waals surface area contributed by atoms with Gasteiger partial charge in [-0.15, -0.1) is 13.2 Å². The van der Waals surface area contributed by atoms with E-state index in [4.69, 9.17) is 15.2 Å². The molecule has 15 heteroatoms. The van der Waals surface area contributed by atoms with E-state index in [1.807, 2.05) is 0 Å². The van der Waals surface area contributed by atoms with Gasteiger partial charge in [0.2, 0.25) is 5.91 Å². The molecular formula is C22H26F7N3O5. The quantitative estimate of drug-likeness (QED) is 0.503. The van der Waals surface area contributed by atoms with E-state index in [0.29, 0.717) is 0 Å². The van der Waals surface area contributed by atoms with Crippen LogP contribution in [0.15, 0.2) is 18.3 Å². The molecule has 0 saturated heterocycles. The number of ether oxygens (including phenoxy) is 3. The van der Waals surface area contributed by atoms with Crippen LogP contribution in [0.2, 0.25) is 0 Å². The van der Waals surface area contributed by atoms with Gasteiger partial charge in [-0.2, -0.15) is 13.2 Å². The summed E-state index contributed by atoms with van der Waals surface area (Å²) >= 11 is 0. The van der Waals surface area contributed by atoms with Gasteiger partial charge in [0.05, 0.1) is 36.3 Å². The first-order valence-corrected chi connectivity index (χ1v) is 11.4. The topological polar surface area (TPSA) is 113 Å². The van der Waals surface area contributed by atoms with Crippen molar-refractivity contribution in [2.45, 2.75) is 75.2 Å². The highest BCUT2D eigenvalue weighted by molar-refractivity contribution is 5.96. The Labute approximate surface area is 207 Å². The van der Waals surface area contributed by atoms with Crippen LogP contribution in [-0.2, 0) is 19.0 Å². The third-order valence-electron chi connectivity index (χ3n) is 6.53. The number of nitrogens with two attached hydrogens (primary N) is 1. The third kappa shape index (κ3) is 7.51. The largest absolute Gasteiger partial charge is 0.522 e. The molecule has 3 rings (SSSR count). The zero-order valence-corrected chi connectivity index (χ0v) is 19.5. The van der Waals surface area contributed by atoms with Gasteiger partial charge in [-0.05, 0) is 37.8 Å². The van der Waals surface area contributed by atoms with Crippen LogP contribution in [-0.4, -0.2) is 67.0 Å². The Morgan fingerprint density at radius 1 is 1.05 bits per heavy atom. The lowest BCUT2D eigenvalue weighted by Crippen LogP contribution is -2.53. The number of aromatic nitrogens is 1. The zero-order valence-electron chi connectivity index (χ0n) is 19.5. The fraction of sp³-hybridized carbons (Fsp3) is 0.682. The van der Waals surface area contributed by atoms with Gasteiger partial charge in [0.25, 0.3) is 5.91 Å². The number of nitrogens with one attached hydrogen (secondary N) is 1. The highest BCUT2D eigenvalue weighted by Gasteiger charge is 2.55. The Morgan fingerprint density at radius 2 is 1.73 bits per heavy atom. The van der Waals surface area contributed by atoms with Crippen molar-refractivity contribution >= 4 is 17.5 Å². The van der Waals surface area contributed by atoms with Crippen molar-refractivity contribution in [3.8, 4) is 0 Å². The van der Waals surface area contributed by atoms with E-state index in [1.165, 1.54) is 13.2 Å². The summed E-state index contributed by atoms with van der Waals surface area (Å²) in [4.78, 5) is 28.1. The van der Waals surface area contributed by atoms with Crippen LogP contribution >= 0.6 is 0 Å². The average Bonchev–Trinajstić information content (AvgIpc) is 2.78. The summed E-state index contributed by atoms with van der Waals surface area (Å²) in [6.07, 6.45) is -17.0. The molecule has 7 unspecified atom stereocenters. The second-order valence-corrected chi connectivity index (χ2v) is 8.96. The molecular weight excluding hydrogens is 519 g/mol. The molecule has 7 atom stereocenters. The summed E-state index contributed by atoms with van der Waals surface area (Å²) in [5.41, 5.74) is 4.85. The van der Waals surface area contributed by atoms with Crippen molar-refractivity contribution in [3.63, 3.8) is 0 Å². The van der Waals surface area contributed by atoms with E-state index >= 15 is 4.39 Å². The van der Waals surface area contributed by atoms with Crippen LogP contribution in [0.25, 0.3) is 0 Å². The first kappa shape index (κ1) is 29.0. The number of rotatable bonds is 7. The number of amides is 2. The van der Waals surface area contributed by atoms with E-state index in [2.05, 4.69) is 15.0 Å². The third-order valence-corrected chi connectivity index (χ3v) is 6.53. The van der Waals surface area contributed by atoms with Gasteiger partial charge >= 0.3 is 12.5 Å². The van der Waals surface area contributed by atoms with Crippen LogP contribution in [0.1, 0.15) is 42.6 Å². The lowest BCUT2D eigenvalue weighted by Gasteiger charge is -2.42. The van der Waals surface area contributed by atoms with E-state index < -0.39 is 73.2 Å². The highest BCUT2D eigenvalue weighted by Crippen LogP contribution is 2.44. The number of hydrogen-bond acceptors (Lipinski definition) is 6. The maximum Gasteiger partial charge on any atom is 0.522 e. The molecule has 0 bridgehead atoms. The Kier molecular flexibility index (Phi) is 9.01. The molecule has 0 aliphatic heterocycles. The van der Waals surface area contributed by atoms with Gasteiger partial charge in [-0.25, -0.2) is 4.39 Å². The van der Waals surface area contributed by atoms with Crippen molar-refractivity contribution in [2.75, 3.05) is 12.4 Å². The first-order valence-electron chi connectivity index (χ1n) is 11.4. The highest BCUT2D eigenvalue weighted by atomic mass is 19.4. The van der Waals surface area contributed by atoms with Crippen molar-refractivity contribution < 1.29 is 54.5 Å².